The van der Waals surface area contributed by atoms with Crippen LogP contribution in [0.5, 0.6) is 0 Å². The first-order chi connectivity index (χ1) is 3.71. The minimum absolute atomic E-state index is 0.368. The molecule has 0 aromatic rings. The van der Waals surface area contributed by atoms with Gasteiger partial charge in [0.2, 0.25) is 0 Å². The van der Waals surface area contributed by atoms with E-state index in [9.17, 15) is 0 Å². The van der Waals surface area contributed by atoms with E-state index in [-0.39, 0.29) is 0 Å². The van der Waals surface area contributed by atoms with E-state index in [1.807, 2.05) is 22.3 Å². The number of rotatable bonds is 0. The normalized spacial score (nSPS) is 40.1. The van der Waals surface area contributed by atoms with Gasteiger partial charge in [-0.1, -0.05) is 0 Å². The molecule has 0 saturated carbocycles. The first kappa shape index (κ1) is 7.08. The Labute approximate surface area is 66.5 Å². The quantitative estimate of drug-likeness (QED) is 0.502. The number of ether oxygens (including phenoxy) is 1. The molecule has 1 atom stereocenters. The monoisotopic (exact) mass is 246 g/mol. The first-order valence-electron chi connectivity index (χ1n) is 3.07. The van der Waals surface area contributed by atoms with Gasteiger partial charge in [-0.3, -0.25) is 0 Å². The van der Waals surface area contributed by atoms with Crippen molar-refractivity contribution >= 4 is 32.5 Å². The van der Waals surface area contributed by atoms with Crippen molar-refractivity contribution in [1.29, 1.82) is 0 Å². The molecule has 0 N–H and O–H groups in total. The van der Waals surface area contributed by atoms with Crippen molar-refractivity contribution in [2.75, 3.05) is 6.61 Å². The summed E-state index contributed by atoms with van der Waals surface area (Å²) in [7, 11) is 1.21. The fourth-order valence-corrected chi connectivity index (χ4v) is 2.19. The summed E-state index contributed by atoms with van der Waals surface area (Å²) >= 11 is 1.87. The van der Waals surface area contributed by atoms with Crippen LogP contribution in [0.3, 0.4) is 0 Å². The molecule has 48 valence electrons. The van der Waals surface area contributed by atoms with Crippen molar-refractivity contribution in [2.24, 2.45) is 0 Å². The van der Waals surface area contributed by atoms with E-state index in [2.05, 4.69) is 0 Å². The van der Waals surface area contributed by atoms with Crippen LogP contribution in [-0.4, -0.2) is 42.4 Å². The number of hydrogen-bond donors (Lipinski definition) is 0. The van der Waals surface area contributed by atoms with E-state index >= 15 is 0 Å². The molecule has 0 amide bonds. The Morgan fingerprint density at radius 3 is 2.50 bits per heavy atom. The topological polar surface area (TPSA) is 9.23 Å². The summed E-state index contributed by atoms with van der Waals surface area (Å²) in [5.74, 6) is 0. The molecule has 8 heavy (non-hydrogen) atoms. The molecule has 1 fully saturated rings. The van der Waals surface area contributed by atoms with Gasteiger partial charge in [0.25, 0.3) is 0 Å². The number of hydrogen-bond acceptors (Lipinski definition) is 1. The van der Waals surface area contributed by atoms with Crippen LogP contribution in [0.1, 0.15) is 19.3 Å². The van der Waals surface area contributed by atoms with Gasteiger partial charge < -0.3 is 0 Å². The zero-order valence-electron chi connectivity index (χ0n) is 5.18. The summed E-state index contributed by atoms with van der Waals surface area (Å²) in [5.41, 5.74) is 0. The molecule has 3 heteroatoms. The molecule has 0 radical (unpaired) electrons. The van der Waals surface area contributed by atoms with E-state index < -0.39 is 0 Å². The summed E-state index contributed by atoms with van der Waals surface area (Å²) < 4.78 is 5.92. The molecule has 1 nitrogen and oxygen atoms in total. The van der Waals surface area contributed by atoms with Crippen molar-refractivity contribution in [3.63, 3.8) is 0 Å². The van der Waals surface area contributed by atoms with E-state index in [4.69, 9.17) is 4.74 Å². The SMILES string of the molecule is [SiH3]C1([TeH])CCCCO1. The van der Waals surface area contributed by atoms with Crippen molar-refractivity contribution in [3.05, 3.63) is 0 Å². The third-order valence-electron chi connectivity index (χ3n) is 1.45. The molecule has 1 saturated heterocycles. The van der Waals surface area contributed by atoms with Gasteiger partial charge in [0, 0.05) is 0 Å². The van der Waals surface area contributed by atoms with Gasteiger partial charge in [-0.15, -0.1) is 0 Å². The minimum atomic E-state index is 0.368. The molecule has 0 spiro atoms. The van der Waals surface area contributed by atoms with Gasteiger partial charge >= 0.3 is 66.4 Å². The zero-order chi connectivity index (χ0) is 6.04. The van der Waals surface area contributed by atoms with E-state index in [0.29, 0.717) is 3.27 Å². The fraction of sp³-hybridized carbons (Fsp3) is 1.00. The molecule has 1 rings (SSSR count). The molecule has 1 aliphatic heterocycles. The summed E-state index contributed by atoms with van der Waals surface area (Å²) in [6.07, 6.45) is 3.98. The summed E-state index contributed by atoms with van der Waals surface area (Å²) in [6, 6.07) is 0. The van der Waals surface area contributed by atoms with Crippen LogP contribution in [0.2, 0.25) is 0 Å². The van der Waals surface area contributed by atoms with Gasteiger partial charge in [-0.2, -0.15) is 0 Å². The molecular weight excluding hydrogens is 232 g/mol. The van der Waals surface area contributed by atoms with Crippen molar-refractivity contribution < 1.29 is 4.74 Å². The van der Waals surface area contributed by atoms with Crippen LogP contribution in [0, 0.1) is 0 Å². The van der Waals surface area contributed by atoms with Crippen LogP contribution >= 0.6 is 0 Å². The van der Waals surface area contributed by atoms with Crippen LogP contribution in [0.25, 0.3) is 0 Å². The molecular formula is C5H12OSiTe. The van der Waals surface area contributed by atoms with E-state index in [1.54, 1.807) is 0 Å². The standard InChI is InChI=1S/C5H12OSiTe/c7-5(8)3-1-2-4-6-5/h8H,1-4H2,7H3. The zero-order valence-corrected chi connectivity index (χ0v) is 9.74. The van der Waals surface area contributed by atoms with Crippen molar-refractivity contribution in [1.82, 2.24) is 0 Å². The van der Waals surface area contributed by atoms with E-state index in [1.165, 1.54) is 29.5 Å². The molecule has 0 aliphatic carbocycles. The molecule has 0 aromatic heterocycles. The van der Waals surface area contributed by atoms with Gasteiger partial charge in [-0.25, -0.2) is 0 Å². The molecule has 0 bridgehead atoms. The van der Waals surface area contributed by atoms with Gasteiger partial charge in [0.05, 0.1) is 0 Å². The summed E-state index contributed by atoms with van der Waals surface area (Å²) in [5, 5.41) is 0. The third-order valence-corrected chi connectivity index (χ3v) is 3.24. The Bertz CT molecular complexity index is 76.5. The maximum absolute atomic E-state index is 5.55. The first-order valence-corrected chi connectivity index (χ1v) is 5.35. The van der Waals surface area contributed by atoms with Crippen LogP contribution in [-0.2, 0) is 4.74 Å². The maximum atomic E-state index is 5.55. The van der Waals surface area contributed by atoms with Gasteiger partial charge in [0.1, 0.15) is 0 Å². The van der Waals surface area contributed by atoms with Gasteiger partial charge in [0.15, 0.2) is 0 Å². The van der Waals surface area contributed by atoms with Crippen LogP contribution in [0.4, 0.5) is 0 Å². The van der Waals surface area contributed by atoms with Crippen molar-refractivity contribution in [3.8, 4) is 0 Å². The molecule has 1 aliphatic rings. The Morgan fingerprint density at radius 1 is 1.50 bits per heavy atom. The summed E-state index contributed by atoms with van der Waals surface area (Å²) in [4.78, 5) is 0. The van der Waals surface area contributed by atoms with E-state index in [0.717, 1.165) is 6.61 Å². The second-order valence-corrected chi connectivity index (χ2v) is 9.30. The second-order valence-electron chi connectivity index (χ2n) is 2.48. The van der Waals surface area contributed by atoms with Crippen molar-refractivity contribution in [2.45, 2.75) is 22.5 Å². The molecule has 1 heterocycles. The third kappa shape index (κ3) is 2.06. The predicted octanol–water partition coefficient (Wildman–Crippen LogP) is -0.893. The summed E-state index contributed by atoms with van der Waals surface area (Å²) in [6.45, 7) is 1.01. The average molecular weight is 244 g/mol. The molecule has 0 aromatic carbocycles. The average Bonchev–Trinajstić information content (AvgIpc) is 1.65. The second kappa shape index (κ2) is 2.70. The Morgan fingerprint density at radius 2 is 2.25 bits per heavy atom. The Hall–Kier alpha value is 0.966. The predicted molar refractivity (Wildman–Crippen MR) is 39.6 cm³/mol. The van der Waals surface area contributed by atoms with Crippen LogP contribution < -0.4 is 0 Å². The fourth-order valence-electron chi connectivity index (χ4n) is 0.919. The van der Waals surface area contributed by atoms with Gasteiger partial charge in [-0.05, 0) is 0 Å². The Kier molecular flexibility index (Phi) is 2.39. The molecule has 1 unspecified atom stereocenters. The Balaban J connectivity index is 2.33. The van der Waals surface area contributed by atoms with Crippen LogP contribution in [0.15, 0.2) is 0 Å².